The molecule has 5 heteroatoms. The molecule has 4 aromatic carbocycles. The van der Waals surface area contributed by atoms with Gasteiger partial charge in [0.25, 0.3) is 0 Å². The van der Waals surface area contributed by atoms with Crippen molar-refractivity contribution in [2.75, 3.05) is 0 Å². The van der Waals surface area contributed by atoms with Gasteiger partial charge in [-0.1, -0.05) is 62.2 Å². The first-order valence-corrected chi connectivity index (χ1v) is 12.9. The van der Waals surface area contributed by atoms with E-state index in [1.54, 1.807) is 18.2 Å². The maximum atomic E-state index is 10.5. The fourth-order valence-corrected chi connectivity index (χ4v) is 5.27. The van der Waals surface area contributed by atoms with E-state index in [0.717, 1.165) is 51.0 Å². The number of benzene rings is 4. The van der Waals surface area contributed by atoms with Crippen LogP contribution in [0.4, 0.5) is 0 Å². The highest BCUT2D eigenvalue weighted by Crippen LogP contribution is 2.38. The van der Waals surface area contributed by atoms with Gasteiger partial charge in [-0.2, -0.15) is 10.5 Å². The number of aromatic amines is 1. The number of H-pyrrole nitrogens is 1. The molecule has 184 valence electrons. The molecule has 0 bridgehead atoms. The van der Waals surface area contributed by atoms with E-state index in [4.69, 9.17) is 4.98 Å². The summed E-state index contributed by atoms with van der Waals surface area (Å²) in [5.74, 6) is 0.519. The largest absolute Gasteiger partial charge is 0.390 e. The Morgan fingerprint density at radius 1 is 0.865 bits per heavy atom. The van der Waals surface area contributed by atoms with Gasteiger partial charge in [0, 0.05) is 17.2 Å². The number of nitrogens with one attached hydrogen (secondary N) is 1. The minimum Gasteiger partial charge on any atom is -0.390 e. The summed E-state index contributed by atoms with van der Waals surface area (Å²) in [7, 11) is 0. The first-order valence-electron chi connectivity index (χ1n) is 12.9. The molecule has 0 unspecified atom stereocenters. The first kappa shape index (κ1) is 24.5. The molecule has 0 saturated carbocycles. The number of hydrogen-bond donors (Lipinski definition) is 2. The summed E-state index contributed by atoms with van der Waals surface area (Å²) in [6.07, 6.45) is 5.12. The fraction of sp³-hybridized carbons (Fsp3) is 0.281. The van der Waals surface area contributed by atoms with E-state index in [1.807, 2.05) is 13.8 Å². The smallest absolute Gasteiger partial charge is 0.141 e. The topological polar surface area (TPSA) is 96.5 Å². The quantitative estimate of drug-likeness (QED) is 0.186. The molecule has 1 heterocycles. The maximum absolute atomic E-state index is 10.5. The second-order valence-corrected chi connectivity index (χ2v) is 10.5. The molecule has 1 aromatic heterocycles. The van der Waals surface area contributed by atoms with Crippen LogP contribution in [0.2, 0.25) is 0 Å². The fourth-order valence-electron chi connectivity index (χ4n) is 5.27. The zero-order chi connectivity index (χ0) is 26.2. The molecule has 0 aliphatic rings. The highest BCUT2D eigenvalue weighted by molar-refractivity contribution is 6.23. The van der Waals surface area contributed by atoms with Crippen molar-refractivity contribution in [3.8, 4) is 23.5 Å². The Morgan fingerprint density at radius 2 is 1.51 bits per heavy atom. The lowest BCUT2D eigenvalue weighted by Crippen LogP contribution is -2.21. The minimum absolute atomic E-state index is 0.414. The zero-order valence-corrected chi connectivity index (χ0v) is 21.5. The van der Waals surface area contributed by atoms with E-state index >= 15 is 0 Å². The van der Waals surface area contributed by atoms with Crippen LogP contribution in [-0.2, 0) is 12.8 Å². The van der Waals surface area contributed by atoms with Crippen molar-refractivity contribution in [1.29, 1.82) is 10.5 Å². The van der Waals surface area contributed by atoms with Crippen LogP contribution in [-0.4, -0.2) is 20.7 Å². The molecule has 0 radical (unpaired) electrons. The number of imidazole rings is 1. The lowest BCUT2D eigenvalue weighted by Gasteiger charge is -2.18. The molecular weight excluding hydrogens is 456 g/mol. The molecular formula is C32H30N4O. The van der Waals surface area contributed by atoms with Gasteiger partial charge >= 0.3 is 0 Å². The third kappa shape index (κ3) is 4.67. The van der Waals surface area contributed by atoms with Gasteiger partial charge < -0.3 is 10.1 Å². The number of hydrogen-bond acceptors (Lipinski definition) is 4. The van der Waals surface area contributed by atoms with Crippen molar-refractivity contribution >= 4 is 32.6 Å². The van der Waals surface area contributed by atoms with Gasteiger partial charge in [-0.05, 0) is 60.7 Å². The predicted octanol–water partition coefficient (Wildman–Crippen LogP) is 7.33. The second-order valence-electron chi connectivity index (χ2n) is 10.5. The Morgan fingerprint density at radius 3 is 2.19 bits per heavy atom. The van der Waals surface area contributed by atoms with Gasteiger partial charge in [0.1, 0.15) is 5.82 Å². The first-order chi connectivity index (χ1) is 17.8. The summed E-state index contributed by atoms with van der Waals surface area (Å²) in [5.41, 5.74) is 4.61. The normalized spacial score (nSPS) is 11.7. The Labute approximate surface area is 217 Å². The summed E-state index contributed by atoms with van der Waals surface area (Å²) in [5, 5.41) is 34.2. The van der Waals surface area contributed by atoms with Crippen LogP contribution in [0.3, 0.4) is 0 Å². The molecule has 0 aliphatic heterocycles. The van der Waals surface area contributed by atoms with Crippen LogP contribution in [0.15, 0.2) is 54.6 Å². The number of aryl methyl sites for hydroxylation is 1. The third-order valence-electron chi connectivity index (χ3n) is 6.93. The summed E-state index contributed by atoms with van der Waals surface area (Å²) in [6, 6.07) is 22.5. The van der Waals surface area contributed by atoms with Crippen molar-refractivity contribution in [3.63, 3.8) is 0 Å². The molecule has 0 aliphatic carbocycles. The van der Waals surface area contributed by atoms with E-state index < -0.39 is 5.60 Å². The van der Waals surface area contributed by atoms with Crippen molar-refractivity contribution in [1.82, 2.24) is 9.97 Å². The Balaban J connectivity index is 1.81. The third-order valence-corrected chi connectivity index (χ3v) is 6.93. The maximum Gasteiger partial charge on any atom is 0.141 e. The number of nitrogens with zero attached hydrogens (tertiary/aromatic N) is 3. The van der Waals surface area contributed by atoms with Gasteiger partial charge in [-0.3, -0.25) is 0 Å². The van der Waals surface area contributed by atoms with Crippen LogP contribution < -0.4 is 0 Å². The average Bonchev–Trinajstić information content (AvgIpc) is 3.32. The summed E-state index contributed by atoms with van der Waals surface area (Å²) >= 11 is 0. The van der Waals surface area contributed by atoms with Crippen molar-refractivity contribution < 1.29 is 5.11 Å². The molecule has 0 saturated heterocycles. The Bertz CT molecular complexity index is 1690. The number of aliphatic hydroxyl groups is 1. The molecule has 5 rings (SSSR count). The lowest BCUT2D eigenvalue weighted by atomic mass is 9.92. The molecule has 0 spiro atoms. The van der Waals surface area contributed by atoms with Crippen molar-refractivity contribution in [3.05, 3.63) is 76.9 Å². The Kier molecular flexibility index (Phi) is 6.42. The van der Waals surface area contributed by atoms with E-state index in [0.29, 0.717) is 28.9 Å². The number of fused-ring (bicyclic) bond motifs is 6. The minimum atomic E-state index is -0.811. The van der Waals surface area contributed by atoms with E-state index in [2.05, 4.69) is 60.4 Å². The summed E-state index contributed by atoms with van der Waals surface area (Å²) in [4.78, 5) is 8.43. The van der Waals surface area contributed by atoms with Gasteiger partial charge in [0.2, 0.25) is 0 Å². The highest BCUT2D eigenvalue weighted by atomic mass is 16.3. The molecule has 0 amide bonds. The summed E-state index contributed by atoms with van der Waals surface area (Å²) in [6.45, 7) is 5.86. The van der Waals surface area contributed by atoms with Crippen LogP contribution >= 0.6 is 0 Å². The average molecular weight is 487 g/mol. The molecule has 37 heavy (non-hydrogen) atoms. The Hall–Kier alpha value is -4.19. The zero-order valence-electron chi connectivity index (χ0n) is 21.5. The van der Waals surface area contributed by atoms with Crippen LogP contribution in [0.5, 0.6) is 0 Å². The van der Waals surface area contributed by atoms with E-state index in [-0.39, 0.29) is 0 Å². The van der Waals surface area contributed by atoms with Gasteiger partial charge in [0.05, 0.1) is 45.5 Å². The monoisotopic (exact) mass is 486 g/mol. The van der Waals surface area contributed by atoms with Gasteiger partial charge in [0.15, 0.2) is 0 Å². The van der Waals surface area contributed by atoms with Crippen LogP contribution in [0.25, 0.3) is 44.0 Å². The summed E-state index contributed by atoms with van der Waals surface area (Å²) < 4.78 is 0. The van der Waals surface area contributed by atoms with Crippen LogP contribution in [0, 0.1) is 22.7 Å². The highest BCUT2D eigenvalue weighted by Gasteiger charge is 2.20. The number of aromatic nitrogens is 2. The molecule has 2 N–H and O–H groups in total. The van der Waals surface area contributed by atoms with Crippen molar-refractivity contribution in [2.45, 2.75) is 58.5 Å². The molecule has 5 aromatic rings. The van der Waals surface area contributed by atoms with Gasteiger partial charge in [-0.15, -0.1) is 0 Å². The van der Waals surface area contributed by atoms with Crippen molar-refractivity contribution in [2.24, 2.45) is 0 Å². The van der Waals surface area contributed by atoms with E-state index in [9.17, 15) is 15.6 Å². The molecule has 5 nitrogen and oxygen atoms in total. The number of rotatable bonds is 7. The SMILES string of the molecule is CCCCCc1ccc2c(c1)c1cc(CC(C)(C)O)ccc1c1[nH]c(-c3c(C#N)cccc3C#N)nc21. The standard InChI is InChI=1S/C32H30N4O/c1-4-5-6-8-20-11-13-24-26(15-20)27-16-21(17-32(2,3)37)12-14-25(27)30-29(24)35-31(36-30)28-22(18-33)9-7-10-23(28)19-34/h7,9-16,37H,4-6,8,17H2,1-3H3,(H,35,36). The number of unbranched alkanes of at least 4 members (excludes halogenated alkanes) is 2. The van der Waals surface area contributed by atoms with Crippen LogP contribution in [0.1, 0.15) is 62.3 Å². The lowest BCUT2D eigenvalue weighted by molar-refractivity contribution is 0.0810. The molecule has 0 fully saturated rings. The van der Waals surface area contributed by atoms with E-state index in [1.165, 1.54) is 18.4 Å². The second kappa shape index (κ2) is 9.69. The van der Waals surface area contributed by atoms with Gasteiger partial charge in [-0.25, -0.2) is 4.98 Å². The predicted molar refractivity (Wildman–Crippen MR) is 149 cm³/mol. The number of nitriles is 2. The molecule has 0 atom stereocenters.